The summed E-state index contributed by atoms with van der Waals surface area (Å²) in [6, 6.07) is 11.7. The van der Waals surface area contributed by atoms with Gasteiger partial charge in [0.1, 0.15) is 5.70 Å². The fourth-order valence-electron chi connectivity index (χ4n) is 2.54. The van der Waals surface area contributed by atoms with Gasteiger partial charge in [-0.15, -0.1) is 16.4 Å². The maximum atomic E-state index is 12.6. The van der Waals surface area contributed by atoms with Crippen molar-refractivity contribution in [3.05, 3.63) is 57.2 Å². The Labute approximate surface area is 135 Å². The zero-order valence-electron chi connectivity index (χ0n) is 11.7. The summed E-state index contributed by atoms with van der Waals surface area (Å²) < 4.78 is 0. The molecule has 5 nitrogen and oxygen atoms in total. The van der Waals surface area contributed by atoms with Crippen LogP contribution in [0.5, 0.6) is 0 Å². The number of amides is 1. The Morgan fingerprint density at radius 2 is 2.14 bits per heavy atom. The number of hydrazone groups is 1. The third-order valence-electron chi connectivity index (χ3n) is 3.51. The van der Waals surface area contributed by atoms with Crippen LogP contribution in [-0.2, 0) is 4.79 Å². The predicted octanol–water partition coefficient (Wildman–Crippen LogP) is 1.25. The predicted molar refractivity (Wildman–Crippen MR) is 88.6 cm³/mol. The summed E-state index contributed by atoms with van der Waals surface area (Å²) in [7, 11) is 0. The maximum absolute atomic E-state index is 12.6. The van der Waals surface area contributed by atoms with E-state index < -0.39 is 0 Å². The van der Waals surface area contributed by atoms with E-state index in [2.05, 4.69) is 10.4 Å². The molecule has 1 aromatic carbocycles. The third kappa shape index (κ3) is 2.05. The van der Waals surface area contributed by atoms with Crippen molar-refractivity contribution in [3.8, 4) is 0 Å². The minimum absolute atomic E-state index is 0.136. The molecule has 110 valence electrons. The van der Waals surface area contributed by atoms with Gasteiger partial charge in [-0.2, -0.15) is 0 Å². The van der Waals surface area contributed by atoms with Crippen LogP contribution in [0.25, 0.3) is 5.70 Å². The van der Waals surface area contributed by atoms with Gasteiger partial charge in [-0.05, 0) is 23.8 Å². The van der Waals surface area contributed by atoms with Gasteiger partial charge in [-0.25, -0.2) is 5.01 Å². The number of rotatable bonds is 1. The first-order valence-corrected chi connectivity index (χ1v) is 8.82. The Hall–Kier alpha value is -2.12. The molecule has 1 N–H and O–H groups in total. The van der Waals surface area contributed by atoms with Gasteiger partial charge in [0.15, 0.2) is 11.3 Å². The monoisotopic (exact) mass is 328 g/mol. The Bertz CT molecular complexity index is 889. The van der Waals surface area contributed by atoms with Gasteiger partial charge in [0.2, 0.25) is 0 Å². The number of amidine groups is 1. The van der Waals surface area contributed by atoms with Crippen LogP contribution in [0.1, 0.15) is 11.0 Å². The standard InChI is InChI=1S/C15H12N4OS2/c1-21-15-17-14(20)12-9-5-2-3-6-10(9)16-13(19(12)18-15)11-7-4-8-22-11/h2-8,13H,1H3,(H,17,18,20)/t13-/m1/s1. The summed E-state index contributed by atoms with van der Waals surface area (Å²) in [5.41, 5.74) is 0.557. The Morgan fingerprint density at radius 3 is 2.91 bits per heavy atom. The molecule has 4 rings (SSSR count). The average Bonchev–Trinajstić information content (AvgIpc) is 3.07. The number of para-hydroxylation sites is 1. The van der Waals surface area contributed by atoms with Crippen molar-refractivity contribution in [3.63, 3.8) is 0 Å². The van der Waals surface area contributed by atoms with E-state index in [4.69, 9.17) is 4.99 Å². The highest BCUT2D eigenvalue weighted by molar-refractivity contribution is 8.13. The number of nitrogens with one attached hydrogen (secondary N) is 1. The summed E-state index contributed by atoms with van der Waals surface area (Å²) in [5, 5.41) is 13.4. The van der Waals surface area contributed by atoms with E-state index in [0.717, 1.165) is 15.5 Å². The number of carbonyl (C=O) groups is 1. The van der Waals surface area contributed by atoms with Crippen molar-refractivity contribution in [1.82, 2.24) is 10.3 Å². The first-order valence-electron chi connectivity index (χ1n) is 6.71. The molecular formula is C15H12N4OS2. The van der Waals surface area contributed by atoms with Crippen molar-refractivity contribution in [2.45, 2.75) is 6.17 Å². The van der Waals surface area contributed by atoms with Crippen LogP contribution in [0.2, 0.25) is 0 Å². The second-order valence-corrected chi connectivity index (χ2v) is 6.57. The number of thioether (sulfide) groups is 1. The van der Waals surface area contributed by atoms with Crippen molar-refractivity contribution in [1.29, 1.82) is 0 Å². The lowest BCUT2D eigenvalue weighted by molar-refractivity contribution is -0.116. The first-order chi connectivity index (χ1) is 10.8. The quantitative estimate of drug-likeness (QED) is 0.857. The number of nitrogens with zero attached hydrogens (tertiary/aromatic N) is 3. The molecule has 0 aliphatic carbocycles. The Kier molecular flexibility index (Phi) is 3.24. The molecule has 0 bridgehead atoms. The molecule has 1 amide bonds. The van der Waals surface area contributed by atoms with E-state index in [1.807, 2.05) is 48.0 Å². The fourth-order valence-corrected chi connectivity index (χ4v) is 3.65. The summed E-state index contributed by atoms with van der Waals surface area (Å²) in [6.07, 6.45) is 1.59. The van der Waals surface area contributed by atoms with Crippen molar-refractivity contribution in [2.75, 3.05) is 6.26 Å². The van der Waals surface area contributed by atoms with Gasteiger partial charge in [-0.1, -0.05) is 36.0 Å². The van der Waals surface area contributed by atoms with Gasteiger partial charge >= 0.3 is 0 Å². The van der Waals surface area contributed by atoms with E-state index in [-0.39, 0.29) is 12.1 Å². The first kappa shape index (κ1) is 13.5. The van der Waals surface area contributed by atoms with Crippen LogP contribution in [0.4, 0.5) is 0 Å². The van der Waals surface area contributed by atoms with Gasteiger partial charge in [-0.3, -0.25) is 15.1 Å². The topological polar surface area (TPSA) is 57.1 Å². The van der Waals surface area contributed by atoms with E-state index in [1.165, 1.54) is 11.8 Å². The van der Waals surface area contributed by atoms with Crippen LogP contribution in [-0.4, -0.2) is 22.3 Å². The molecule has 0 fully saturated rings. The van der Waals surface area contributed by atoms with Crippen LogP contribution < -0.4 is 15.9 Å². The Balaban J connectivity index is 2.01. The summed E-state index contributed by atoms with van der Waals surface area (Å²) in [6.45, 7) is 0. The highest BCUT2D eigenvalue weighted by Crippen LogP contribution is 2.32. The van der Waals surface area contributed by atoms with Crippen molar-refractivity contribution >= 4 is 39.9 Å². The number of carbonyl (C=O) groups excluding carboxylic acids is 1. The smallest absolute Gasteiger partial charge is 0.276 e. The molecule has 2 aromatic rings. The number of fused-ring (bicyclic) bond motifs is 2. The van der Waals surface area contributed by atoms with Crippen LogP contribution in [0, 0.1) is 0 Å². The molecule has 1 aromatic heterocycles. The summed E-state index contributed by atoms with van der Waals surface area (Å²) in [5.74, 6) is -0.136. The summed E-state index contributed by atoms with van der Waals surface area (Å²) in [4.78, 5) is 18.4. The molecule has 0 saturated carbocycles. The second kappa shape index (κ2) is 5.26. The van der Waals surface area contributed by atoms with Crippen LogP contribution in [0.3, 0.4) is 0 Å². The highest BCUT2D eigenvalue weighted by atomic mass is 32.2. The molecular weight excluding hydrogens is 316 g/mol. The maximum Gasteiger partial charge on any atom is 0.276 e. The largest absolute Gasteiger partial charge is 0.298 e. The van der Waals surface area contributed by atoms with Crippen molar-refractivity contribution < 1.29 is 4.79 Å². The number of thiophene rings is 1. The summed E-state index contributed by atoms with van der Waals surface area (Å²) >= 11 is 3.02. The van der Waals surface area contributed by atoms with E-state index in [0.29, 0.717) is 10.9 Å². The zero-order chi connectivity index (χ0) is 15.1. The molecule has 0 unspecified atom stereocenters. The van der Waals surface area contributed by atoms with Crippen molar-refractivity contribution in [2.24, 2.45) is 10.1 Å². The molecule has 2 aliphatic rings. The van der Waals surface area contributed by atoms with E-state index in [1.54, 1.807) is 16.3 Å². The molecule has 2 aliphatic heterocycles. The number of benzene rings is 1. The minimum atomic E-state index is -0.293. The lowest BCUT2D eigenvalue weighted by Gasteiger charge is -2.33. The minimum Gasteiger partial charge on any atom is -0.298 e. The van der Waals surface area contributed by atoms with Gasteiger partial charge < -0.3 is 0 Å². The molecule has 3 heterocycles. The van der Waals surface area contributed by atoms with Gasteiger partial charge in [0.25, 0.3) is 5.91 Å². The van der Waals surface area contributed by atoms with Crippen LogP contribution in [0.15, 0.2) is 51.9 Å². The Morgan fingerprint density at radius 1 is 1.27 bits per heavy atom. The lowest BCUT2D eigenvalue weighted by Crippen LogP contribution is -2.50. The molecule has 7 heteroatoms. The van der Waals surface area contributed by atoms with E-state index in [9.17, 15) is 4.79 Å². The van der Waals surface area contributed by atoms with Crippen LogP contribution >= 0.6 is 23.1 Å². The third-order valence-corrected chi connectivity index (χ3v) is 4.99. The highest BCUT2D eigenvalue weighted by Gasteiger charge is 2.34. The SMILES string of the molecule is CSC1=NN2C(=c3ccccc3=N[C@H]2c2cccs2)C(=O)N1. The molecule has 22 heavy (non-hydrogen) atoms. The molecule has 0 spiro atoms. The number of hydrogen-bond donors (Lipinski definition) is 1. The van der Waals surface area contributed by atoms with Gasteiger partial charge in [0, 0.05) is 5.22 Å². The molecule has 1 atom stereocenters. The number of hydrogen-bond acceptors (Lipinski definition) is 6. The fraction of sp³-hybridized carbons (Fsp3) is 0.133. The second-order valence-electron chi connectivity index (χ2n) is 4.79. The molecule has 0 saturated heterocycles. The normalized spacial score (nSPS) is 19.8. The lowest BCUT2D eigenvalue weighted by atomic mass is 10.1. The molecule has 0 radical (unpaired) electrons. The average molecular weight is 328 g/mol. The zero-order valence-corrected chi connectivity index (χ0v) is 13.3. The van der Waals surface area contributed by atoms with E-state index >= 15 is 0 Å². The van der Waals surface area contributed by atoms with Gasteiger partial charge in [0.05, 0.1) is 10.2 Å².